The molecule has 4 rings (SSSR count). The molecule has 0 atom stereocenters. The summed E-state index contributed by atoms with van der Waals surface area (Å²) in [7, 11) is 0. The Morgan fingerprint density at radius 1 is 1.11 bits per heavy atom. The van der Waals surface area contributed by atoms with Gasteiger partial charge in [0.25, 0.3) is 5.56 Å². The number of nitrogens with zero attached hydrogens (tertiary/aromatic N) is 2. The van der Waals surface area contributed by atoms with Crippen LogP contribution in [0.1, 0.15) is 27.9 Å². The van der Waals surface area contributed by atoms with Crippen molar-refractivity contribution in [2.45, 2.75) is 43.0 Å². The fraction of sp³-hybridized carbons (Fsp3) is 0.273. The molecule has 5 heteroatoms. The van der Waals surface area contributed by atoms with E-state index < -0.39 is 0 Å². The quantitative estimate of drug-likeness (QED) is 0.456. The number of hydrogen-bond acceptors (Lipinski definition) is 4. The van der Waals surface area contributed by atoms with Gasteiger partial charge < -0.3 is 0 Å². The highest BCUT2D eigenvalue weighted by molar-refractivity contribution is 7.99. The van der Waals surface area contributed by atoms with E-state index in [1.54, 1.807) is 28.1 Å². The molecule has 0 spiro atoms. The Bertz CT molecular complexity index is 1050. The van der Waals surface area contributed by atoms with E-state index in [0.717, 1.165) is 50.5 Å². The van der Waals surface area contributed by atoms with Gasteiger partial charge in [-0.1, -0.05) is 42.1 Å². The largest absolute Gasteiger partial charge is 0.272 e. The van der Waals surface area contributed by atoms with Crippen molar-refractivity contribution in [2.24, 2.45) is 0 Å². The van der Waals surface area contributed by atoms with Crippen molar-refractivity contribution in [3.63, 3.8) is 0 Å². The molecule has 3 nitrogen and oxygen atoms in total. The second kappa shape index (κ2) is 7.56. The average molecular weight is 395 g/mol. The van der Waals surface area contributed by atoms with E-state index in [1.807, 2.05) is 0 Å². The van der Waals surface area contributed by atoms with Gasteiger partial charge in [0.05, 0.1) is 16.3 Å². The Morgan fingerprint density at radius 2 is 1.85 bits per heavy atom. The first kappa shape index (κ1) is 18.4. The van der Waals surface area contributed by atoms with Gasteiger partial charge in [-0.3, -0.25) is 9.36 Å². The molecule has 1 aliphatic heterocycles. The Labute approximate surface area is 168 Å². The molecule has 27 heavy (non-hydrogen) atoms. The number of fused-ring (bicyclic) bond motifs is 1. The lowest BCUT2D eigenvalue weighted by Crippen LogP contribution is -2.24. The summed E-state index contributed by atoms with van der Waals surface area (Å²) in [6, 6.07) is 14.7. The van der Waals surface area contributed by atoms with Gasteiger partial charge in [-0.05, 0) is 55.2 Å². The number of hydrogen-bond donors (Lipinski definition) is 0. The Hall–Kier alpha value is -1.98. The Morgan fingerprint density at radius 3 is 2.59 bits per heavy atom. The normalized spacial score (nSPS) is 13.0. The van der Waals surface area contributed by atoms with Gasteiger partial charge >= 0.3 is 0 Å². The van der Waals surface area contributed by atoms with Crippen molar-refractivity contribution in [3.05, 3.63) is 80.8 Å². The fourth-order valence-corrected chi connectivity index (χ4v) is 5.54. The number of aromatic nitrogens is 2. The summed E-state index contributed by atoms with van der Waals surface area (Å²) >= 11 is 3.28. The highest BCUT2D eigenvalue weighted by atomic mass is 32.2. The average Bonchev–Trinajstić information content (AvgIpc) is 3.09. The van der Waals surface area contributed by atoms with E-state index in [9.17, 15) is 4.79 Å². The molecule has 1 aliphatic rings. The lowest BCUT2D eigenvalue weighted by atomic mass is 10.1. The van der Waals surface area contributed by atoms with Crippen LogP contribution in [0, 0.1) is 20.8 Å². The molecule has 0 fully saturated rings. The molecule has 2 heterocycles. The first-order valence-electron chi connectivity index (χ1n) is 9.07. The van der Waals surface area contributed by atoms with Crippen LogP contribution in [0.15, 0.2) is 57.3 Å². The molecule has 1 aromatic heterocycles. The molecule has 0 saturated heterocycles. The maximum atomic E-state index is 13.3. The van der Waals surface area contributed by atoms with Crippen LogP contribution in [0.25, 0.3) is 5.69 Å². The summed E-state index contributed by atoms with van der Waals surface area (Å²) in [5.41, 5.74) is 6.78. The highest BCUT2D eigenvalue weighted by Gasteiger charge is 2.22. The first-order chi connectivity index (χ1) is 13.0. The maximum Gasteiger partial charge on any atom is 0.272 e. The zero-order valence-corrected chi connectivity index (χ0v) is 17.4. The maximum absolute atomic E-state index is 13.3. The van der Waals surface area contributed by atoms with Crippen LogP contribution in [-0.4, -0.2) is 15.3 Å². The molecule has 2 aromatic carbocycles. The van der Waals surface area contributed by atoms with Gasteiger partial charge in [-0.15, -0.1) is 11.8 Å². The molecule has 0 saturated carbocycles. The second-order valence-electron chi connectivity index (χ2n) is 6.97. The molecule has 0 aliphatic carbocycles. The molecule has 0 N–H and O–H groups in total. The molecule has 0 radical (unpaired) electrons. The van der Waals surface area contributed by atoms with Gasteiger partial charge in [0, 0.05) is 17.9 Å². The summed E-state index contributed by atoms with van der Waals surface area (Å²) in [4.78, 5) is 19.0. The smallest absolute Gasteiger partial charge is 0.268 e. The predicted molar refractivity (Wildman–Crippen MR) is 114 cm³/mol. The molecular formula is C22H22N2OS2. The van der Waals surface area contributed by atoms with Crippen LogP contribution < -0.4 is 5.56 Å². The summed E-state index contributed by atoms with van der Waals surface area (Å²) in [5, 5.41) is 0.787. The topological polar surface area (TPSA) is 34.9 Å². The van der Waals surface area contributed by atoms with Gasteiger partial charge in [0.1, 0.15) is 0 Å². The SMILES string of the molecule is Cc1cc(C)cc(-n2c(SCc3ccccc3C)nc3c(c2=O)SCC3)c1. The van der Waals surface area contributed by atoms with Crippen LogP contribution >= 0.6 is 23.5 Å². The fourth-order valence-electron chi connectivity index (χ4n) is 3.41. The zero-order chi connectivity index (χ0) is 19.0. The van der Waals surface area contributed by atoms with E-state index in [1.165, 1.54) is 11.1 Å². The number of aryl methyl sites for hydroxylation is 4. The predicted octanol–water partition coefficient (Wildman–Crippen LogP) is 5.10. The number of rotatable bonds is 4. The third-order valence-corrected chi connectivity index (χ3v) is 6.84. The molecule has 0 bridgehead atoms. The molecular weight excluding hydrogens is 372 g/mol. The molecule has 3 aromatic rings. The molecule has 0 amide bonds. The van der Waals surface area contributed by atoms with Crippen LogP contribution in [0.4, 0.5) is 0 Å². The van der Waals surface area contributed by atoms with Gasteiger partial charge in [-0.25, -0.2) is 4.98 Å². The van der Waals surface area contributed by atoms with Crippen molar-refractivity contribution in [1.82, 2.24) is 9.55 Å². The van der Waals surface area contributed by atoms with E-state index in [-0.39, 0.29) is 5.56 Å². The lowest BCUT2D eigenvalue weighted by Gasteiger charge is -2.15. The third-order valence-electron chi connectivity index (χ3n) is 4.75. The van der Waals surface area contributed by atoms with E-state index in [2.05, 4.69) is 63.2 Å². The zero-order valence-electron chi connectivity index (χ0n) is 15.8. The van der Waals surface area contributed by atoms with Crippen LogP contribution in [-0.2, 0) is 12.2 Å². The van der Waals surface area contributed by atoms with Crippen molar-refractivity contribution in [1.29, 1.82) is 0 Å². The summed E-state index contributed by atoms with van der Waals surface area (Å²) in [5.74, 6) is 1.74. The first-order valence-corrected chi connectivity index (χ1v) is 11.0. The summed E-state index contributed by atoms with van der Waals surface area (Å²) in [6.07, 6.45) is 0.876. The lowest BCUT2D eigenvalue weighted by molar-refractivity contribution is 0.738. The van der Waals surface area contributed by atoms with Crippen LogP contribution in [0.5, 0.6) is 0 Å². The monoisotopic (exact) mass is 394 g/mol. The Kier molecular flexibility index (Phi) is 5.15. The number of benzene rings is 2. The Balaban J connectivity index is 1.81. The van der Waals surface area contributed by atoms with E-state index >= 15 is 0 Å². The molecule has 138 valence electrons. The van der Waals surface area contributed by atoms with Crippen LogP contribution in [0.3, 0.4) is 0 Å². The van der Waals surface area contributed by atoms with Crippen molar-refractivity contribution in [2.75, 3.05) is 5.75 Å². The third kappa shape index (κ3) is 3.71. The number of thioether (sulfide) groups is 2. The van der Waals surface area contributed by atoms with Crippen molar-refractivity contribution in [3.8, 4) is 5.69 Å². The standard InChI is InChI=1S/C22H22N2OS2/c1-14-10-15(2)12-18(11-14)24-21(25)20-19(8-9-26-20)23-22(24)27-13-17-7-5-4-6-16(17)3/h4-7,10-12H,8-9,13H2,1-3H3. The van der Waals surface area contributed by atoms with E-state index in [0.29, 0.717) is 0 Å². The second-order valence-corrected chi connectivity index (χ2v) is 9.02. The summed E-state index contributed by atoms with van der Waals surface area (Å²) in [6.45, 7) is 6.26. The highest BCUT2D eigenvalue weighted by Crippen LogP contribution is 2.31. The summed E-state index contributed by atoms with van der Waals surface area (Å²) < 4.78 is 1.81. The van der Waals surface area contributed by atoms with Gasteiger partial charge in [0.2, 0.25) is 0 Å². The minimum absolute atomic E-state index is 0.0692. The molecule has 0 unspecified atom stereocenters. The van der Waals surface area contributed by atoms with Crippen LogP contribution in [0.2, 0.25) is 0 Å². The van der Waals surface area contributed by atoms with Gasteiger partial charge in [-0.2, -0.15) is 0 Å². The van der Waals surface area contributed by atoms with Gasteiger partial charge in [0.15, 0.2) is 5.16 Å². The minimum atomic E-state index is 0.0692. The van der Waals surface area contributed by atoms with E-state index in [4.69, 9.17) is 4.98 Å². The van der Waals surface area contributed by atoms with Crippen molar-refractivity contribution < 1.29 is 0 Å². The minimum Gasteiger partial charge on any atom is -0.268 e. The van der Waals surface area contributed by atoms with Crippen molar-refractivity contribution >= 4 is 23.5 Å².